The van der Waals surface area contributed by atoms with Crippen LogP contribution in [-0.2, 0) is 6.42 Å². The highest BCUT2D eigenvalue weighted by Crippen LogP contribution is 2.38. The maximum Gasteiger partial charge on any atom is 0.0642 e. The van der Waals surface area contributed by atoms with Crippen LogP contribution in [0.15, 0.2) is 24.5 Å². The molecule has 134 valence electrons. The van der Waals surface area contributed by atoms with Gasteiger partial charge in [0.1, 0.15) is 0 Å². The second-order valence-corrected chi connectivity index (χ2v) is 7.26. The maximum absolute atomic E-state index is 9.42. The van der Waals surface area contributed by atoms with E-state index < -0.39 is 0 Å². The molecule has 1 aliphatic rings. The molecule has 4 N–H and O–H groups in total. The molecule has 0 radical (unpaired) electrons. The van der Waals surface area contributed by atoms with Gasteiger partial charge in [0.15, 0.2) is 0 Å². The third-order valence-corrected chi connectivity index (χ3v) is 5.49. The molecule has 0 saturated heterocycles. The maximum atomic E-state index is 9.42. The molecule has 0 fully saturated rings. The number of nitrogens with two attached hydrogens (primary N) is 1. The molecule has 1 atom stereocenters. The SMILES string of the molecule is Cc1cc2cc(-c3cnc4c(c3C)NCC(CO)C4)c(C)c(N)c2cn1. The molecule has 0 saturated carbocycles. The first-order chi connectivity index (χ1) is 12.5. The van der Waals surface area contributed by atoms with Gasteiger partial charge in [-0.05, 0) is 61.4 Å². The van der Waals surface area contributed by atoms with Crippen molar-refractivity contribution in [2.75, 3.05) is 24.2 Å². The Balaban J connectivity index is 1.90. The predicted molar refractivity (Wildman–Crippen MR) is 106 cm³/mol. The summed E-state index contributed by atoms with van der Waals surface area (Å²) >= 11 is 0. The Bertz CT molecular complexity index is 1010. The fourth-order valence-electron chi connectivity index (χ4n) is 3.85. The smallest absolute Gasteiger partial charge is 0.0642 e. The van der Waals surface area contributed by atoms with Crippen LogP contribution in [0.2, 0.25) is 0 Å². The number of nitrogens with one attached hydrogen (secondary N) is 1. The van der Waals surface area contributed by atoms with E-state index in [0.717, 1.165) is 63.2 Å². The summed E-state index contributed by atoms with van der Waals surface area (Å²) in [4.78, 5) is 9.08. The Morgan fingerprint density at radius 1 is 1.12 bits per heavy atom. The number of hydrogen-bond acceptors (Lipinski definition) is 5. The van der Waals surface area contributed by atoms with E-state index in [1.54, 1.807) is 0 Å². The zero-order valence-electron chi connectivity index (χ0n) is 15.4. The number of aromatic nitrogens is 2. The van der Waals surface area contributed by atoms with Crippen LogP contribution in [0.5, 0.6) is 0 Å². The standard InChI is InChI=1S/C21H24N4O/c1-11-4-15-6-16(12(2)20(22)18(15)9-23-11)17-8-24-19-5-14(10-26)7-25-21(19)13(17)3/h4,6,8-9,14,25-26H,5,7,10,22H2,1-3H3. The molecule has 1 aromatic carbocycles. The van der Waals surface area contributed by atoms with Gasteiger partial charge in [0.25, 0.3) is 0 Å². The van der Waals surface area contributed by atoms with E-state index in [1.807, 2.05) is 19.3 Å². The lowest BCUT2D eigenvalue weighted by atomic mass is 9.90. The summed E-state index contributed by atoms with van der Waals surface area (Å²) in [6, 6.07) is 4.26. The van der Waals surface area contributed by atoms with Crippen LogP contribution >= 0.6 is 0 Å². The van der Waals surface area contributed by atoms with Gasteiger partial charge >= 0.3 is 0 Å². The predicted octanol–water partition coefficient (Wildman–Crippen LogP) is 3.38. The molecule has 0 spiro atoms. The highest BCUT2D eigenvalue weighted by Gasteiger charge is 2.22. The molecular formula is C21H24N4O. The highest BCUT2D eigenvalue weighted by atomic mass is 16.3. The molecule has 1 aliphatic heterocycles. The van der Waals surface area contributed by atoms with E-state index in [4.69, 9.17) is 10.7 Å². The van der Waals surface area contributed by atoms with Crippen molar-refractivity contribution in [1.82, 2.24) is 9.97 Å². The molecule has 3 aromatic rings. The number of fused-ring (bicyclic) bond motifs is 2. The van der Waals surface area contributed by atoms with Crippen molar-refractivity contribution in [1.29, 1.82) is 0 Å². The number of rotatable bonds is 2. The lowest BCUT2D eigenvalue weighted by molar-refractivity contribution is 0.229. The summed E-state index contributed by atoms with van der Waals surface area (Å²) < 4.78 is 0. The second kappa shape index (κ2) is 6.25. The third kappa shape index (κ3) is 2.59. The number of aliphatic hydroxyl groups is 1. The Morgan fingerprint density at radius 2 is 1.92 bits per heavy atom. The first-order valence-electron chi connectivity index (χ1n) is 8.98. The molecule has 2 aromatic heterocycles. The number of aryl methyl sites for hydroxylation is 1. The third-order valence-electron chi connectivity index (χ3n) is 5.49. The Kier molecular flexibility index (Phi) is 4.04. The van der Waals surface area contributed by atoms with Gasteiger partial charge in [0.2, 0.25) is 0 Å². The van der Waals surface area contributed by atoms with Crippen LogP contribution in [-0.4, -0.2) is 28.2 Å². The number of nitrogen functional groups attached to an aromatic ring is 1. The minimum Gasteiger partial charge on any atom is -0.398 e. The van der Waals surface area contributed by atoms with Gasteiger partial charge in [0.05, 0.1) is 11.4 Å². The number of pyridine rings is 2. The molecule has 0 aliphatic carbocycles. The van der Waals surface area contributed by atoms with E-state index >= 15 is 0 Å². The Labute approximate surface area is 153 Å². The van der Waals surface area contributed by atoms with Crippen molar-refractivity contribution < 1.29 is 5.11 Å². The van der Waals surface area contributed by atoms with Gasteiger partial charge in [-0.3, -0.25) is 9.97 Å². The largest absolute Gasteiger partial charge is 0.398 e. The van der Waals surface area contributed by atoms with Gasteiger partial charge in [-0.1, -0.05) is 0 Å². The van der Waals surface area contributed by atoms with Crippen molar-refractivity contribution in [2.24, 2.45) is 5.92 Å². The molecule has 3 heterocycles. The second-order valence-electron chi connectivity index (χ2n) is 7.26. The van der Waals surface area contributed by atoms with Gasteiger partial charge in [0, 0.05) is 53.8 Å². The molecule has 4 rings (SSSR count). The van der Waals surface area contributed by atoms with Gasteiger partial charge in [-0.2, -0.15) is 0 Å². The molecule has 5 heteroatoms. The quantitative estimate of drug-likeness (QED) is 0.618. The van der Waals surface area contributed by atoms with E-state index in [1.165, 1.54) is 5.56 Å². The zero-order chi connectivity index (χ0) is 18.4. The number of hydrogen-bond donors (Lipinski definition) is 3. The van der Waals surface area contributed by atoms with Crippen LogP contribution < -0.4 is 11.1 Å². The first-order valence-corrected chi connectivity index (χ1v) is 8.98. The molecule has 0 bridgehead atoms. The fraction of sp³-hybridized carbons (Fsp3) is 0.333. The molecule has 0 amide bonds. The van der Waals surface area contributed by atoms with Crippen LogP contribution in [0, 0.1) is 26.7 Å². The van der Waals surface area contributed by atoms with Crippen molar-refractivity contribution in [3.63, 3.8) is 0 Å². The number of benzene rings is 1. The fourth-order valence-corrected chi connectivity index (χ4v) is 3.85. The summed E-state index contributed by atoms with van der Waals surface area (Å²) in [5, 5.41) is 15.0. The first kappa shape index (κ1) is 16.8. The minimum atomic E-state index is 0.183. The van der Waals surface area contributed by atoms with Crippen LogP contribution in [0.25, 0.3) is 21.9 Å². The summed E-state index contributed by atoms with van der Waals surface area (Å²) in [6.07, 6.45) is 4.60. The number of nitrogens with zero attached hydrogens (tertiary/aromatic N) is 2. The summed E-state index contributed by atoms with van der Waals surface area (Å²) in [7, 11) is 0. The van der Waals surface area contributed by atoms with E-state index in [9.17, 15) is 5.11 Å². The molecule has 5 nitrogen and oxygen atoms in total. The van der Waals surface area contributed by atoms with Gasteiger partial charge in [-0.15, -0.1) is 0 Å². The average molecular weight is 348 g/mol. The molecular weight excluding hydrogens is 324 g/mol. The van der Waals surface area contributed by atoms with Crippen LogP contribution in [0.3, 0.4) is 0 Å². The van der Waals surface area contributed by atoms with Gasteiger partial charge < -0.3 is 16.2 Å². The van der Waals surface area contributed by atoms with Crippen molar-refractivity contribution >= 4 is 22.1 Å². The summed E-state index contributed by atoms with van der Waals surface area (Å²) in [6.45, 7) is 7.13. The van der Waals surface area contributed by atoms with Crippen LogP contribution in [0.4, 0.5) is 11.4 Å². The van der Waals surface area contributed by atoms with Crippen molar-refractivity contribution in [3.05, 3.63) is 47.0 Å². The normalized spacial score (nSPS) is 16.4. The van der Waals surface area contributed by atoms with E-state index in [2.05, 4.69) is 36.3 Å². The lowest BCUT2D eigenvalue weighted by Crippen LogP contribution is -2.27. The van der Waals surface area contributed by atoms with Crippen molar-refractivity contribution in [2.45, 2.75) is 27.2 Å². The minimum absolute atomic E-state index is 0.183. The number of aliphatic hydroxyl groups excluding tert-OH is 1. The number of anilines is 2. The van der Waals surface area contributed by atoms with E-state index in [0.29, 0.717) is 0 Å². The van der Waals surface area contributed by atoms with Gasteiger partial charge in [-0.25, -0.2) is 0 Å². The molecule has 26 heavy (non-hydrogen) atoms. The highest BCUT2D eigenvalue weighted by molar-refractivity contribution is 5.99. The molecule has 1 unspecified atom stereocenters. The Morgan fingerprint density at radius 3 is 2.69 bits per heavy atom. The Hall–Kier alpha value is -2.66. The average Bonchev–Trinajstić information content (AvgIpc) is 2.65. The monoisotopic (exact) mass is 348 g/mol. The van der Waals surface area contributed by atoms with Crippen LogP contribution in [0.1, 0.15) is 22.5 Å². The lowest BCUT2D eigenvalue weighted by Gasteiger charge is -2.27. The summed E-state index contributed by atoms with van der Waals surface area (Å²) in [5.74, 6) is 0.230. The zero-order valence-corrected chi connectivity index (χ0v) is 15.4. The topological polar surface area (TPSA) is 84.1 Å². The summed E-state index contributed by atoms with van der Waals surface area (Å²) in [5.41, 5.74) is 14.7. The van der Waals surface area contributed by atoms with E-state index in [-0.39, 0.29) is 12.5 Å². The van der Waals surface area contributed by atoms with Crippen molar-refractivity contribution in [3.8, 4) is 11.1 Å².